The second-order valence-corrected chi connectivity index (χ2v) is 19.0. The number of rotatable bonds is 6. The van der Waals surface area contributed by atoms with E-state index in [1.165, 1.54) is 93.2 Å². The number of benzene rings is 10. The standard InChI is InChI=1S/C60H50N2/c1-59(2,3)42-29-33-45(51(37-42)39-17-9-7-10-18-39)48-34-30-43(60(4,5)6)38-56(48)61(44-19-11-8-12-20-44)54-35-27-40-26-32-50-55(36-28-41-25-31-49(54)57(40)58(41)50)62-52-23-15-13-21-46(52)47-22-14-16-24-53(47)62/h7-38H,1-6H3. The number of anilines is 3. The van der Waals surface area contributed by atoms with Crippen LogP contribution >= 0.6 is 0 Å². The molecule has 62 heavy (non-hydrogen) atoms. The predicted molar refractivity (Wildman–Crippen MR) is 267 cm³/mol. The second kappa shape index (κ2) is 14.2. The molecule has 2 heteroatoms. The third-order valence-electron chi connectivity index (χ3n) is 13.1. The minimum Gasteiger partial charge on any atom is -0.309 e. The first-order chi connectivity index (χ1) is 30.0. The van der Waals surface area contributed by atoms with Crippen molar-refractivity contribution >= 4 is 71.2 Å². The first-order valence-corrected chi connectivity index (χ1v) is 21.9. The molecule has 0 N–H and O–H groups in total. The Morgan fingerprint density at radius 3 is 1.53 bits per heavy atom. The monoisotopic (exact) mass is 798 g/mol. The number of fused-ring (bicyclic) bond motifs is 3. The van der Waals surface area contributed by atoms with Gasteiger partial charge in [-0.25, -0.2) is 0 Å². The molecule has 0 amide bonds. The molecule has 0 aliphatic rings. The highest BCUT2D eigenvalue weighted by Crippen LogP contribution is 2.50. The molecule has 0 aliphatic carbocycles. The van der Waals surface area contributed by atoms with Gasteiger partial charge in [-0.2, -0.15) is 0 Å². The average molecular weight is 799 g/mol. The van der Waals surface area contributed by atoms with Crippen molar-refractivity contribution < 1.29 is 0 Å². The third kappa shape index (κ3) is 6.08. The van der Waals surface area contributed by atoms with E-state index in [0.717, 1.165) is 17.1 Å². The van der Waals surface area contributed by atoms with Gasteiger partial charge in [0, 0.05) is 32.8 Å². The Morgan fingerprint density at radius 1 is 0.371 bits per heavy atom. The van der Waals surface area contributed by atoms with Crippen LogP contribution in [0.5, 0.6) is 0 Å². The van der Waals surface area contributed by atoms with E-state index in [-0.39, 0.29) is 10.8 Å². The molecular formula is C60H50N2. The maximum absolute atomic E-state index is 2.52. The Balaban J connectivity index is 1.21. The van der Waals surface area contributed by atoms with E-state index in [0.29, 0.717) is 0 Å². The van der Waals surface area contributed by atoms with Crippen molar-refractivity contribution in [1.29, 1.82) is 0 Å². The molecule has 0 fully saturated rings. The first-order valence-electron chi connectivity index (χ1n) is 21.9. The van der Waals surface area contributed by atoms with E-state index in [9.17, 15) is 0 Å². The lowest BCUT2D eigenvalue weighted by Crippen LogP contribution is -2.16. The van der Waals surface area contributed by atoms with Crippen LogP contribution < -0.4 is 4.90 Å². The van der Waals surface area contributed by atoms with Gasteiger partial charge in [0.1, 0.15) is 0 Å². The van der Waals surface area contributed by atoms with Crippen LogP contribution in [0.3, 0.4) is 0 Å². The summed E-state index contributed by atoms with van der Waals surface area (Å²) in [6, 6.07) is 72.4. The Kier molecular flexibility index (Phi) is 8.67. The minimum atomic E-state index is -0.0696. The summed E-state index contributed by atoms with van der Waals surface area (Å²) in [7, 11) is 0. The molecule has 0 unspecified atom stereocenters. The van der Waals surface area contributed by atoms with E-state index in [2.05, 4.69) is 245 Å². The lowest BCUT2D eigenvalue weighted by atomic mass is 9.81. The summed E-state index contributed by atoms with van der Waals surface area (Å²) in [5.74, 6) is 0. The number of para-hydroxylation sites is 3. The normalized spacial score (nSPS) is 12.4. The molecule has 0 radical (unpaired) electrons. The fraction of sp³-hybridized carbons (Fsp3) is 0.133. The number of hydrogen-bond donors (Lipinski definition) is 0. The number of nitrogens with zero attached hydrogens (tertiary/aromatic N) is 2. The smallest absolute Gasteiger partial charge is 0.0543 e. The quantitative estimate of drug-likeness (QED) is 0.152. The summed E-state index contributed by atoms with van der Waals surface area (Å²) < 4.78 is 2.47. The van der Waals surface area contributed by atoms with Gasteiger partial charge >= 0.3 is 0 Å². The Morgan fingerprint density at radius 2 is 0.887 bits per heavy atom. The molecule has 0 bridgehead atoms. The Labute approximate surface area is 364 Å². The van der Waals surface area contributed by atoms with Crippen LogP contribution in [-0.2, 0) is 10.8 Å². The van der Waals surface area contributed by atoms with Gasteiger partial charge in [-0.05, 0) is 103 Å². The molecule has 11 aromatic rings. The number of aromatic nitrogens is 1. The summed E-state index contributed by atoms with van der Waals surface area (Å²) in [5, 5.41) is 10.1. The summed E-state index contributed by atoms with van der Waals surface area (Å²) >= 11 is 0. The van der Waals surface area contributed by atoms with Gasteiger partial charge in [-0.3, -0.25) is 0 Å². The van der Waals surface area contributed by atoms with Gasteiger partial charge in [0.2, 0.25) is 0 Å². The fourth-order valence-electron chi connectivity index (χ4n) is 9.84. The van der Waals surface area contributed by atoms with Crippen molar-refractivity contribution in [3.8, 4) is 27.9 Å². The van der Waals surface area contributed by atoms with E-state index >= 15 is 0 Å². The third-order valence-corrected chi connectivity index (χ3v) is 13.1. The Bertz CT molecular complexity index is 3410. The highest BCUT2D eigenvalue weighted by molar-refractivity contribution is 6.27. The fourth-order valence-corrected chi connectivity index (χ4v) is 9.84. The topological polar surface area (TPSA) is 8.17 Å². The van der Waals surface area contributed by atoms with Crippen LogP contribution in [0.25, 0.3) is 82.1 Å². The van der Waals surface area contributed by atoms with Gasteiger partial charge in [-0.15, -0.1) is 0 Å². The summed E-state index contributed by atoms with van der Waals surface area (Å²) in [6.07, 6.45) is 0. The lowest BCUT2D eigenvalue weighted by molar-refractivity contribution is 0.590. The highest BCUT2D eigenvalue weighted by atomic mass is 15.1. The molecule has 1 aromatic heterocycles. The zero-order valence-corrected chi connectivity index (χ0v) is 36.4. The summed E-state index contributed by atoms with van der Waals surface area (Å²) in [6.45, 7) is 13.9. The van der Waals surface area contributed by atoms with Crippen LogP contribution in [0, 0.1) is 0 Å². The minimum absolute atomic E-state index is 0.000187. The summed E-state index contributed by atoms with van der Waals surface area (Å²) in [4.78, 5) is 2.52. The molecule has 0 atom stereocenters. The van der Waals surface area contributed by atoms with Crippen molar-refractivity contribution in [2.45, 2.75) is 52.4 Å². The van der Waals surface area contributed by atoms with E-state index in [4.69, 9.17) is 0 Å². The Hall–Kier alpha value is -7.16. The van der Waals surface area contributed by atoms with Crippen molar-refractivity contribution in [3.63, 3.8) is 0 Å². The van der Waals surface area contributed by atoms with Crippen molar-refractivity contribution in [2.75, 3.05) is 4.90 Å². The molecule has 0 spiro atoms. The zero-order valence-electron chi connectivity index (χ0n) is 36.4. The molecule has 300 valence electrons. The zero-order chi connectivity index (χ0) is 42.3. The lowest BCUT2D eigenvalue weighted by Gasteiger charge is -2.32. The van der Waals surface area contributed by atoms with Crippen LogP contribution in [0.15, 0.2) is 194 Å². The molecule has 10 aromatic carbocycles. The molecule has 1 heterocycles. The molecule has 11 rings (SSSR count). The molecule has 0 saturated carbocycles. The molecular weight excluding hydrogens is 749 g/mol. The SMILES string of the molecule is CC(C)(C)c1ccc(-c2ccc(C(C)(C)C)cc2N(c2ccccc2)c2ccc3ccc4c(-n5c6ccccc6c6ccccc65)ccc5ccc2c3c54)c(-c2ccccc2)c1. The first kappa shape index (κ1) is 37.8. The van der Waals surface area contributed by atoms with Crippen LogP contribution in [-0.4, -0.2) is 4.57 Å². The maximum Gasteiger partial charge on any atom is 0.0543 e. The van der Waals surface area contributed by atoms with Crippen molar-refractivity contribution in [1.82, 2.24) is 4.57 Å². The van der Waals surface area contributed by atoms with Gasteiger partial charge in [0.05, 0.1) is 28.1 Å². The van der Waals surface area contributed by atoms with E-state index in [1.54, 1.807) is 0 Å². The van der Waals surface area contributed by atoms with E-state index in [1.807, 2.05) is 0 Å². The maximum atomic E-state index is 2.52. The van der Waals surface area contributed by atoms with E-state index < -0.39 is 0 Å². The predicted octanol–water partition coefficient (Wildman–Crippen LogP) is 17.1. The summed E-state index contributed by atoms with van der Waals surface area (Å²) in [5.41, 5.74) is 14.5. The molecule has 0 saturated heterocycles. The number of hydrogen-bond acceptors (Lipinski definition) is 1. The van der Waals surface area contributed by atoms with Crippen LogP contribution in [0.1, 0.15) is 52.7 Å². The largest absolute Gasteiger partial charge is 0.309 e. The van der Waals surface area contributed by atoms with Crippen LogP contribution in [0.2, 0.25) is 0 Å². The molecule has 2 nitrogen and oxygen atoms in total. The molecule has 0 aliphatic heterocycles. The van der Waals surface area contributed by atoms with Gasteiger partial charge in [0.25, 0.3) is 0 Å². The average Bonchev–Trinajstić information content (AvgIpc) is 3.62. The van der Waals surface area contributed by atoms with Crippen molar-refractivity contribution in [2.24, 2.45) is 0 Å². The highest BCUT2D eigenvalue weighted by Gasteiger charge is 2.26. The van der Waals surface area contributed by atoms with Crippen molar-refractivity contribution in [3.05, 3.63) is 205 Å². The van der Waals surface area contributed by atoms with Gasteiger partial charge in [-0.1, -0.05) is 193 Å². The second-order valence-electron chi connectivity index (χ2n) is 19.0. The van der Waals surface area contributed by atoms with Gasteiger partial charge in [0.15, 0.2) is 0 Å². The van der Waals surface area contributed by atoms with Gasteiger partial charge < -0.3 is 9.47 Å². The van der Waals surface area contributed by atoms with Crippen LogP contribution in [0.4, 0.5) is 17.1 Å².